The third-order valence-electron chi connectivity index (χ3n) is 4.13. The molecular formula is C19H12F2I2N2O2. The van der Waals surface area contributed by atoms with Crippen molar-refractivity contribution in [2.75, 3.05) is 5.73 Å². The summed E-state index contributed by atoms with van der Waals surface area (Å²) in [5, 5.41) is 11.5. The van der Waals surface area contributed by atoms with E-state index in [1.165, 1.54) is 31.2 Å². The average molecular weight is 592 g/mol. The van der Waals surface area contributed by atoms with Crippen LogP contribution < -0.4 is 5.73 Å². The number of nitro groups is 1. The molecule has 0 atom stereocenters. The van der Waals surface area contributed by atoms with Gasteiger partial charge in [-0.3, -0.25) is 10.1 Å². The van der Waals surface area contributed by atoms with Gasteiger partial charge in [0.25, 0.3) is 5.69 Å². The molecule has 0 amide bonds. The monoisotopic (exact) mass is 592 g/mol. The number of nitrogen functional groups attached to an aromatic ring is 1. The van der Waals surface area contributed by atoms with Crippen molar-refractivity contribution < 1.29 is 13.7 Å². The van der Waals surface area contributed by atoms with E-state index in [-0.39, 0.29) is 33.6 Å². The van der Waals surface area contributed by atoms with Crippen LogP contribution in [0.5, 0.6) is 0 Å². The number of benzene rings is 3. The lowest BCUT2D eigenvalue weighted by Crippen LogP contribution is -2.04. The summed E-state index contributed by atoms with van der Waals surface area (Å²) < 4.78 is 30.7. The largest absolute Gasteiger partial charge is 0.393 e. The lowest BCUT2D eigenvalue weighted by Gasteiger charge is -2.16. The highest BCUT2D eigenvalue weighted by atomic mass is 127. The Kier molecular flexibility index (Phi) is 5.65. The first-order valence-corrected chi connectivity index (χ1v) is 9.84. The fourth-order valence-electron chi connectivity index (χ4n) is 2.98. The van der Waals surface area contributed by atoms with Gasteiger partial charge < -0.3 is 5.73 Å². The number of anilines is 1. The smallest absolute Gasteiger partial charge is 0.295 e. The molecule has 0 unspecified atom stereocenters. The molecule has 3 rings (SSSR count). The molecule has 0 aromatic heterocycles. The van der Waals surface area contributed by atoms with Crippen molar-refractivity contribution >= 4 is 56.6 Å². The highest BCUT2D eigenvalue weighted by molar-refractivity contribution is 14.1. The Morgan fingerprint density at radius 2 is 1.44 bits per heavy atom. The molecule has 3 aromatic rings. The molecule has 0 aliphatic carbocycles. The summed E-state index contributed by atoms with van der Waals surface area (Å²) in [6, 6.07) is 10.6. The Hall–Kier alpha value is -1.82. The van der Waals surface area contributed by atoms with Crippen molar-refractivity contribution in [3.8, 4) is 22.3 Å². The molecule has 0 radical (unpaired) electrons. The number of aryl methyl sites for hydroxylation is 1. The van der Waals surface area contributed by atoms with Gasteiger partial charge in [-0.05, 0) is 88.0 Å². The molecule has 0 heterocycles. The van der Waals surface area contributed by atoms with E-state index in [0.717, 1.165) is 0 Å². The van der Waals surface area contributed by atoms with Gasteiger partial charge in [-0.2, -0.15) is 0 Å². The SMILES string of the molecule is Cc1cc(-c2ccc(I)cc2F)c(-c2ccc(I)cc2F)c(N)c1[N+](=O)[O-]. The van der Waals surface area contributed by atoms with Crippen LogP contribution in [-0.2, 0) is 0 Å². The molecular weight excluding hydrogens is 580 g/mol. The molecule has 27 heavy (non-hydrogen) atoms. The van der Waals surface area contributed by atoms with Gasteiger partial charge in [0.05, 0.1) is 4.92 Å². The molecule has 0 spiro atoms. The normalized spacial score (nSPS) is 10.9. The van der Waals surface area contributed by atoms with Crippen LogP contribution in [0.4, 0.5) is 20.2 Å². The summed E-state index contributed by atoms with van der Waals surface area (Å²) in [5.74, 6) is -1.10. The van der Waals surface area contributed by atoms with Gasteiger partial charge in [-0.15, -0.1) is 0 Å². The number of nitrogens with two attached hydrogens (primary N) is 1. The van der Waals surface area contributed by atoms with Crippen LogP contribution in [0.2, 0.25) is 0 Å². The highest BCUT2D eigenvalue weighted by Gasteiger charge is 2.26. The second kappa shape index (κ2) is 7.66. The second-order valence-corrected chi connectivity index (χ2v) is 8.38. The highest BCUT2D eigenvalue weighted by Crippen LogP contribution is 2.45. The van der Waals surface area contributed by atoms with Crippen LogP contribution in [0.15, 0.2) is 42.5 Å². The van der Waals surface area contributed by atoms with Crippen molar-refractivity contribution in [1.29, 1.82) is 0 Å². The first-order valence-electron chi connectivity index (χ1n) is 7.69. The van der Waals surface area contributed by atoms with Crippen molar-refractivity contribution in [2.45, 2.75) is 6.92 Å². The van der Waals surface area contributed by atoms with E-state index in [1.54, 1.807) is 18.2 Å². The lowest BCUT2D eigenvalue weighted by atomic mass is 9.90. The van der Waals surface area contributed by atoms with Gasteiger partial charge in [-0.1, -0.05) is 12.1 Å². The Bertz CT molecular complexity index is 1090. The Morgan fingerprint density at radius 3 is 1.93 bits per heavy atom. The van der Waals surface area contributed by atoms with Gasteiger partial charge in [0.1, 0.15) is 17.3 Å². The zero-order valence-corrected chi connectivity index (χ0v) is 18.2. The number of hydrogen-bond acceptors (Lipinski definition) is 3. The Balaban J connectivity index is 2.44. The predicted octanol–water partition coefficient (Wildman–Crippen LogP) is 6.31. The fourth-order valence-corrected chi connectivity index (χ4v) is 3.88. The molecule has 8 heteroatoms. The maximum absolute atomic E-state index is 14.7. The van der Waals surface area contributed by atoms with E-state index in [4.69, 9.17) is 5.73 Å². The summed E-state index contributed by atoms with van der Waals surface area (Å²) >= 11 is 3.94. The Morgan fingerprint density at radius 1 is 0.926 bits per heavy atom. The Labute approximate surface area is 181 Å². The van der Waals surface area contributed by atoms with Crippen LogP contribution in [-0.4, -0.2) is 4.92 Å². The maximum atomic E-state index is 14.7. The molecule has 2 N–H and O–H groups in total. The van der Waals surface area contributed by atoms with Crippen LogP contribution in [0.3, 0.4) is 0 Å². The number of nitro benzene ring substituents is 1. The van der Waals surface area contributed by atoms with E-state index < -0.39 is 16.6 Å². The number of halogens is 4. The molecule has 0 fully saturated rings. The molecule has 0 aliphatic heterocycles. The molecule has 0 saturated carbocycles. The zero-order valence-electron chi connectivity index (χ0n) is 13.9. The van der Waals surface area contributed by atoms with Gasteiger partial charge in [0.15, 0.2) is 0 Å². The number of hydrogen-bond donors (Lipinski definition) is 1. The minimum absolute atomic E-state index is 0.0870. The summed E-state index contributed by atoms with van der Waals surface area (Å²) in [4.78, 5) is 10.9. The first kappa shape index (κ1) is 19.9. The topological polar surface area (TPSA) is 69.2 Å². The van der Waals surface area contributed by atoms with E-state index in [0.29, 0.717) is 12.7 Å². The number of rotatable bonds is 3. The third kappa shape index (κ3) is 3.77. The van der Waals surface area contributed by atoms with Gasteiger partial charge in [-0.25, -0.2) is 8.78 Å². The second-order valence-electron chi connectivity index (χ2n) is 5.88. The summed E-state index contributed by atoms with van der Waals surface area (Å²) in [6.45, 7) is 1.52. The van der Waals surface area contributed by atoms with Crippen LogP contribution in [0, 0.1) is 35.8 Å². The van der Waals surface area contributed by atoms with E-state index in [1.807, 2.05) is 45.2 Å². The number of nitrogens with zero attached hydrogens (tertiary/aromatic N) is 1. The van der Waals surface area contributed by atoms with Gasteiger partial charge in [0, 0.05) is 29.4 Å². The quantitative estimate of drug-likeness (QED) is 0.168. The maximum Gasteiger partial charge on any atom is 0.295 e. The van der Waals surface area contributed by atoms with E-state index in [9.17, 15) is 18.9 Å². The minimum atomic E-state index is -0.604. The van der Waals surface area contributed by atoms with Gasteiger partial charge >= 0.3 is 0 Å². The summed E-state index contributed by atoms with van der Waals surface area (Å²) in [5.41, 5.74) is 6.60. The predicted molar refractivity (Wildman–Crippen MR) is 118 cm³/mol. The third-order valence-corrected chi connectivity index (χ3v) is 5.47. The molecule has 4 nitrogen and oxygen atoms in total. The van der Waals surface area contributed by atoms with Crippen molar-refractivity contribution in [2.24, 2.45) is 0 Å². The van der Waals surface area contributed by atoms with E-state index in [2.05, 4.69) is 0 Å². The first-order chi connectivity index (χ1) is 12.7. The van der Waals surface area contributed by atoms with E-state index >= 15 is 0 Å². The zero-order chi connectivity index (χ0) is 19.9. The molecule has 3 aromatic carbocycles. The van der Waals surface area contributed by atoms with Gasteiger partial charge in [0.2, 0.25) is 0 Å². The molecule has 138 valence electrons. The van der Waals surface area contributed by atoms with Crippen molar-refractivity contribution in [1.82, 2.24) is 0 Å². The summed E-state index contributed by atoms with van der Waals surface area (Å²) in [7, 11) is 0. The molecule has 0 aliphatic rings. The van der Waals surface area contributed by atoms with Crippen LogP contribution in [0.25, 0.3) is 22.3 Å². The summed E-state index contributed by atoms with van der Waals surface area (Å²) in [6.07, 6.45) is 0. The van der Waals surface area contributed by atoms with Crippen LogP contribution >= 0.6 is 45.2 Å². The lowest BCUT2D eigenvalue weighted by molar-refractivity contribution is -0.384. The minimum Gasteiger partial charge on any atom is -0.393 e. The fraction of sp³-hybridized carbons (Fsp3) is 0.0526. The molecule has 0 saturated heterocycles. The van der Waals surface area contributed by atoms with Crippen molar-refractivity contribution in [3.63, 3.8) is 0 Å². The van der Waals surface area contributed by atoms with Crippen molar-refractivity contribution in [3.05, 3.63) is 76.9 Å². The average Bonchev–Trinajstić information content (AvgIpc) is 2.55. The molecule has 0 bridgehead atoms. The standard InChI is InChI=1S/C19H12F2I2N2O2/c1-9-6-14(12-4-2-10(22)7-15(12)20)17(18(24)19(9)25(26)27)13-5-3-11(23)8-16(13)21/h2-8H,24H2,1H3. The van der Waals surface area contributed by atoms with Crippen LogP contribution in [0.1, 0.15) is 5.56 Å².